The van der Waals surface area contributed by atoms with E-state index in [9.17, 15) is 18.0 Å². The molecule has 120 valence electrons. The fraction of sp³-hybridized carbons (Fsp3) is 0.471. The minimum absolute atomic E-state index is 0.232. The normalized spacial score (nSPS) is 18.0. The van der Waals surface area contributed by atoms with Gasteiger partial charge in [-0.05, 0) is 50.8 Å². The van der Waals surface area contributed by atoms with Crippen molar-refractivity contribution in [2.75, 3.05) is 0 Å². The van der Waals surface area contributed by atoms with Crippen molar-refractivity contribution in [1.29, 1.82) is 0 Å². The van der Waals surface area contributed by atoms with Crippen LogP contribution in [0.3, 0.4) is 0 Å². The van der Waals surface area contributed by atoms with Crippen molar-refractivity contribution in [3.63, 3.8) is 0 Å². The Bertz CT molecular complexity index is 615. The number of aryl methyl sites for hydroxylation is 1. The van der Waals surface area contributed by atoms with Gasteiger partial charge in [0.15, 0.2) is 0 Å². The molecule has 22 heavy (non-hydrogen) atoms. The van der Waals surface area contributed by atoms with Crippen molar-refractivity contribution in [3.05, 3.63) is 47.0 Å². The summed E-state index contributed by atoms with van der Waals surface area (Å²) < 4.78 is 45.2. The van der Waals surface area contributed by atoms with E-state index in [2.05, 4.69) is 6.58 Å². The van der Waals surface area contributed by atoms with Crippen LogP contribution in [0.25, 0.3) is 0 Å². The van der Waals surface area contributed by atoms with Crippen molar-refractivity contribution >= 4 is 5.97 Å². The lowest BCUT2D eigenvalue weighted by Crippen LogP contribution is -2.35. The van der Waals surface area contributed by atoms with E-state index in [1.165, 1.54) is 13.0 Å². The number of hydrogen-bond acceptors (Lipinski definition) is 2. The van der Waals surface area contributed by atoms with Crippen molar-refractivity contribution in [2.45, 2.75) is 51.3 Å². The summed E-state index contributed by atoms with van der Waals surface area (Å²) >= 11 is 0. The second-order valence-electron chi connectivity index (χ2n) is 6.24. The van der Waals surface area contributed by atoms with Gasteiger partial charge in [0, 0.05) is 11.5 Å². The first-order valence-corrected chi connectivity index (χ1v) is 7.12. The zero-order valence-corrected chi connectivity index (χ0v) is 12.9. The lowest BCUT2D eigenvalue weighted by Gasteiger charge is -2.33. The van der Waals surface area contributed by atoms with Crippen LogP contribution in [0.4, 0.5) is 13.2 Å². The number of esters is 1. The SMILES string of the molecule is C=C(C)C(=O)OC(C)(C)C1CCc2cccc(C(F)(F)F)c21. The van der Waals surface area contributed by atoms with Crippen LogP contribution < -0.4 is 0 Å². The maximum absolute atomic E-state index is 13.3. The molecule has 0 aromatic heterocycles. The Morgan fingerprint density at radius 1 is 1.32 bits per heavy atom. The van der Waals surface area contributed by atoms with E-state index >= 15 is 0 Å². The summed E-state index contributed by atoms with van der Waals surface area (Å²) in [4.78, 5) is 11.8. The molecule has 5 heteroatoms. The Morgan fingerprint density at radius 2 is 1.95 bits per heavy atom. The van der Waals surface area contributed by atoms with Gasteiger partial charge in [-0.2, -0.15) is 13.2 Å². The van der Waals surface area contributed by atoms with Crippen molar-refractivity contribution < 1.29 is 22.7 Å². The third-order valence-corrected chi connectivity index (χ3v) is 4.10. The second kappa shape index (κ2) is 5.45. The molecular formula is C17H19F3O2. The first kappa shape index (κ1) is 16.6. The van der Waals surface area contributed by atoms with Crippen LogP contribution in [-0.2, 0) is 22.1 Å². The Labute approximate surface area is 128 Å². The Morgan fingerprint density at radius 3 is 2.50 bits per heavy atom. The number of ether oxygens (including phenoxy) is 1. The smallest absolute Gasteiger partial charge is 0.416 e. The first-order valence-electron chi connectivity index (χ1n) is 7.12. The molecule has 0 aliphatic heterocycles. The third-order valence-electron chi connectivity index (χ3n) is 4.10. The van der Waals surface area contributed by atoms with Crippen LogP contribution >= 0.6 is 0 Å². The molecule has 0 amide bonds. The molecule has 0 heterocycles. The number of hydrogen-bond donors (Lipinski definition) is 0. The molecule has 0 spiro atoms. The maximum Gasteiger partial charge on any atom is 0.416 e. The van der Waals surface area contributed by atoms with Crippen molar-refractivity contribution in [1.82, 2.24) is 0 Å². The molecule has 0 bridgehead atoms. The van der Waals surface area contributed by atoms with Gasteiger partial charge in [-0.25, -0.2) is 4.79 Å². The largest absolute Gasteiger partial charge is 0.456 e. The van der Waals surface area contributed by atoms with Crippen LogP contribution in [0.15, 0.2) is 30.4 Å². The molecule has 0 fully saturated rings. The summed E-state index contributed by atoms with van der Waals surface area (Å²) in [5, 5.41) is 0. The zero-order chi connectivity index (χ0) is 16.7. The molecule has 0 saturated carbocycles. The zero-order valence-electron chi connectivity index (χ0n) is 12.9. The lowest BCUT2D eigenvalue weighted by atomic mass is 9.83. The topological polar surface area (TPSA) is 26.3 Å². The maximum atomic E-state index is 13.3. The molecule has 1 aliphatic carbocycles. The Hall–Kier alpha value is -1.78. The van der Waals surface area contributed by atoms with Gasteiger partial charge in [-0.3, -0.25) is 0 Å². The molecule has 0 saturated heterocycles. The van der Waals surface area contributed by atoms with Gasteiger partial charge in [0.1, 0.15) is 5.60 Å². The summed E-state index contributed by atoms with van der Waals surface area (Å²) in [6.07, 6.45) is -3.33. The molecule has 1 aromatic rings. The van der Waals surface area contributed by atoms with Gasteiger partial charge in [-0.15, -0.1) is 0 Å². The molecule has 2 nitrogen and oxygen atoms in total. The van der Waals surface area contributed by atoms with Gasteiger partial charge in [0.05, 0.1) is 5.56 Å². The van der Waals surface area contributed by atoms with E-state index < -0.39 is 29.2 Å². The highest BCUT2D eigenvalue weighted by Gasteiger charge is 2.44. The van der Waals surface area contributed by atoms with Gasteiger partial charge < -0.3 is 4.74 Å². The molecule has 1 atom stereocenters. The summed E-state index contributed by atoms with van der Waals surface area (Å²) in [5.41, 5.74) is -0.487. The van der Waals surface area contributed by atoms with Crippen LogP contribution in [0.2, 0.25) is 0 Å². The monoisotopic (exact) mass is 312 g/mol. The minimum atomic E-state index is -4.41. The molecule has 0 radical (unpaired) electrons. The molecule has 2 rings (SSSR count). The molecule has 0 N–H and O–H groups in total. The van der Waals surface area contributed by atoms with E-state index in [1.54, 1.807) is 19.9 Å². The Balaban J connectivity index is 2.43. The third kappa shape index (κ3) is 3.03. The number of halogens is 3. The fourth-order valence-corrected chi connectivity index (χ4v) is 3.03. The van der Waals surface area contributed by atoms with E-state index in [0.29, 0.717) is 18.4 Å². The number of alkyl halides is 3. The van der Waals surface area contributed by atoms with E-state index in [-0.39, 0.29) is 11.1 Å². The summed E-state index contributed by atoms with van der Waals surface area (Å²) in [5.74, 6) is -1.06. The molecule has 1 aromatic carbocycles. The van der Waals surface area contributed by atoms with Crippen LogP contribution in [0.1, 0.15) is 49.8 Å². The number of carbonyl (C=O) groups is 1. The van der Waals surface area contributed by atoms with Gasteiger partial charge >= 0.3 is 12.1 Å². The van der Waals surface area contributed by atoms with Gasteiger partial charge in [0.25, 0.3) is 0 Å². The van der Waals surface area contributed by atoms with Crippen LogP contribution in [-0.4, -0.2) is 11.6 Å². The minimum Gasteiger partial charge on any atom is -0.456 e. The number of rotatable bonds is 3. The van der Waals surface area contributed by atoms with Crippen molar-refractivity contribution in [2.24, 2.45) is 0 Å². The molecule has 1 aliphatic rings. The average Bonchev–Trinajstić information content (AvgIpc) is 2.80. The van der Waals surface area contributed by atoms with Crippen LogP contribution in [0, 0.1) is 0 Å². The van der Waals surface area contributed by atoms with Crippen LogP contribution in [0.5, 0.6) is 0 Å². The summed E-state index contributed by atoms with van der Waals surface area (Å²) in [6, 6.07) is 4.23. The highest BCUT2D eigenvalue weighted by atomic mass is 19.4. The fourth-order valence-electron chi connectivity index (χ4n) is 3.03. The highest BCUT2D eigenvalue weighted by molar-refractivity contribution is 5.87. The first-order chi connectivity index (χ1) is 10.0. The predicted octanol–water partition coefficient (Wildman–Crippen LogP) is 4.63. The highest BCUT2D eigenvalue weighted by Crippen LogP contribution is 2.47. The van der Waals surface area contributed by atoms with E-state index in [0.717, 1.165) is 6.07 Å². The Kier molecular flexibility index (Phi) is 4.11. The van der Waals surface area contributed by atoms with E-state index in [4.69, 9.17) is 4.74 Å². The molecular weight excluding hydrogens is 293 g/mol. The van der Waals surface area contributed by atoms with Gasteiger partial charge in [-0.1, -0.05) is 18.7 Å². The summed E-state index contributed by atoms with van der Waals surface area (Å²) in [6.45, 7) is 8.34. The average molecular weight is 312 g/mol. The second-order valence-corrected chi connectivity index (χ2v) is 6.24. The molecule has 1 unspecified atom stereocenters. The number of carbonyl (C=O) groups excluding carboxylic acids is 1. The standard InChI is InChI=1S/C17H19F3O2/c1-10(2)15(21)22-16(3,4)12-9-8-11-6-5-7-13(14(11)12)17(18,19)20/h5-7,12H,1,8-9H2,2-4H3. The quantitative estimate of drug-likeness (QED) is 0.600. The van der Waals surface area contributed by atoms with Gasteiger partial charge in [0.2, 0.25) is 0 Å². The van der Waals surface area contributed by atoms with Crippen molar-refractivity contribution in [3.8, 4) is 0 Å². The predicted molar refractivity (Wildman–Crippen MR) is 77.5 cm³/mol. The van der Waals surface area contributed by atoms with E-state index in [1.807, 2.05) is 0 Å². The summed E-state index contributed by atoms with van der Waals surface area (Å²) in [7, 11) is 0. The lowest BCUT2D eigenvalue weighted by molar-refractivity contribution is -0.154. The number of benzene rings is 1. The number of fused-ring (bicyclic) bond motifs is 1.